The quantitative estimate of drug-likeness (QED) is 0.493. The molecule has 0 bridgehead atoms. The van der Waals surface area contributed by atoms with E-state index >= 15 is 0 Å². The van der Waals surface area contributed by atoms with Crippen LogP contribution in [0.15, 0.2) is 53.4 Å². The first-order valence-corrected chi connectivity index (χ1v) is 11.7. The van der Waals surface area contributed by atoms with Gasteiger partial charge in [-0.2, -0.15) is 0 Å². The van der Waals surface area contributed by atoms with Crippen LogP contribution >= 0.6 is 23.4 Å². The lowest BCUT2D eigenvalue weighted by Crippen LogP contribution is -2.49. The summed E-state index contributed by atoms with van der Waals surface area (Å²) in [6, 6.07) is 15.1. The molecule has 2 atom stereocenters. The molecule has 30 heavy (non-hydrogen) atoms. The molecule has 162 valence electrons. The average Bonchev–Trinajstić information content (AvgIpc) is 2.73. The molecule has 2 aromatic carbocycles. The molecule has 0 aliphatic heterocycles. The van der Waals surface area contributed by atoms with E-state index in [1.54, 1.807) is 23.6 Å². The fourth-order valence-electron chi connectivity index (χ4n) is 2.95. The smallest absolute Gasteiger partial charge is 0.242 e. The summed E-state index contributed by atoms with van der Waals surface area (Å²) in [6.45, 7) is 8.26. The molecule has 0 aliphatic rings. The first kappa shape index (κ1) is 24.3. The third-order valence-electron chi connectivity index (χ3n) is 5.17. The Morgan fingerprint density at radius 2 is 1.77 bits per heavy atom. The van der Waals surface area contributed by atoms with Crippen molar-refractivity contribution in [3.8, 4) is 0 Å². The monoisotopic (exact) mass is 446 g/mol. The van der Waals surface area contributed by atoms with E-state index < -0.39 is 6.04 Å². The zero-order valence-corrected chi connectivity index (χ0v) is 19.7. The molecule has 0 radical (unpaired) electrons. The first-order chi connectivity index (χ1) is 14.3. The Morgan fingerprint density at radius 3 is 2.40 bits per heavy atom. The van der Waals surface area contributed by atoms with E-state index in [9.17, 15) is 9.59 Å². The normalized spacial score (nSPS) is 12.8. The second-order valence-corrected chi connectivity index (χ2v) is 9.10. The van der Waals surface area contributed by atoms with Gasteiger partial charge in [-0.1, -0.05) is 42.8 Å². The van der Waals surface area contributed by atoms with Crippen molar-refractivity contribution in [2.75, 3.05) is 5.75 Å². The average molecular weight is 447 g/mol. The molecular weight excluding hydrogens is 416 g/mol. The van der Waals surface area contributed by atoms with Crippen molar-refractivity contribution in [3.63, 3.8) is 0 Å². The number of nitrogens with zero attached hydrogens (tertiary/aromatic N) is 1. The SMILES string of the molecule is CC[C@H](C)NC(=O)[C@H](C)N(Cc1ccccc1C)C(=O)CCSc1ccc(Cl)cc1. The van der Waals surface area contributed by atoms with Gasteiger partial charge in [0.1, 0.15) is 6.04 Å². The Balaban J connectivity index is 2.08. The number of halogens is 1. The zero-order valence-electron chi connectivity index (χ0n) is 18.2. The second kappa shape index (κ2) is 12.0. The summed E-state index contributed by atoms with van der Waals surface area (Å²) in [6.07, 6.45) is 1.21. The molecule has 0 unspecified atom stereocenters. The van der Waals surface area contributed by atoms with Crippen LogP contribution in [0.1, 0.15) is 44.7 Å². The van der Waals surface area contributed by atoms with Crippen molar-refractivity contribution in [1.29, 1.82) is 0 Å². The van der Waals surface area contributed by atoms with Crippen LogP contribution in [0.25, 0.3) is 0 Å². The summed E-state index contributed by atoms with van der Waals surface area (Å²) in [5.41, 5.74) is 2.17. The minimum Gasteiger partial charge on any atom is -0.352 e. The highest BCUT2D eigenvalue weighted by Crippen LogP contribution is 2.22. The van der Waals surface area contributed by atoms with Gasteiger partial charge in [0.05, 0.1) is 0 Å². The van der Waals surface area contributed by atoms with Crippen LogP contribution in [0.2, 0.25) is 5.02 Å². The fourth-order valence-corrected chi connectivity index (χ4v) is 3.92. The minimum absolute atomic E-state index is 0.0217. The molecule has 1 N–H and O–H groups in total. The van der Waals surface area contributed by atoms with Crippen LogP contribution in [0.5, 0.6) is 0 Å². The van der Waals surface area contributed by atoms with Crippen LogP contribution in [0.4, 0.5) is 0 Å². The van der Waals surface area contributed by atoms with E-state index in [1.807, 2.05) is 69.3 Å². The van der Waals surface area contributed by atoms with Crippen molar-refractivity contribution in [2.24, 2.45) is 0 Å². The van der Waals surface area contributed by atoms with E-state index in [0.29, 0.717) is 23.7 Å². The van der Waals surface area contributed by atoms with Gasteiger partial charge in [-0.05, 0) is 62.6 Å². The van der Waals surface area contributed by atoms with Gasteiger partial charge in [-0.15, -0.1) is 11.8 Å². The van der Waals surface area contributed by atoms with Gasteiger partial charge in [0.15, 0.2) is 0 Å². The van der Waals surface area contributed by atoms with Crippen molar-refractivity contribution in [1.82, 2.24) is 10.2 Å². The highest BCUT2D eigenvalue weighted by Gasteiger charge is 2.26. The third-order valence-corrected chi connectivity index (χ3v) is 6.43. The maximum Gasteiger partial charge on any atom is 0.242 e. The lowest BCUT2D eigenvalue weighted by molar-refractivity contribution is -0.140. The molecule has 4 nitrogen and oxygen atoms in total. The molecular formula is C24H31ClN2O2S. The number of benzene rings is 2. The largest absolute Gasteiger partial charge is 0.352 e. The zero-order chi connectivity index (χ0) is 22.1. The summed E-state index contributed by atoms with van der Waals surface area (Å²) in [5.74, 6) is 0.507. The standard InChI is InChI=1S/C24H31ClN2O2S/c1-5-18(3)26-24(29)19(4)27(16-20-9-7-6-8-17(20)2)23(28)14-15-30-22-12-10-21(25)11-13-22/h6-13,18-19H,5,14-16H2,1-4H3,(H,26,29)/t18-,19-/m0/s1. The van der Waals surface area contributed by atoms with Gasteiger partial charge in [0, 0.05) is 34.7 Å². The van der Waals surface area contributed by atoms with Crippen molar-refractivity contribution in [3.05, 3.63) is 64.7 Å². The molecule has 2 aromatic rings. The van der Waals surface area contributed by atoms with Gasteiger partial charge in [0.25, 0.3) is 0 Å². The van der Waals surface area contributed by atoms with Crippen LogP contribution < -0.4 is 5.32 Å². The number of carbonyl (C=O) groups excluding carboxylic acids is 2. The Kier molecular flexibility index (Phi) is 9.73. The van der Waals surface area contributed by atoms with E-state index in [4.69, 9.17) is 11.6 Å². The van der Waals surface area contributed by atoms with E-state index in [0.717, 1.165) is 22.4 Å². The Morgan fingerprint density at radius 1 is 1.10 bits per heavy atom. The Hall–Kier alpha value is -1.98. The molecule has 0 heterocycles. The molecule has 6 heteroatoms. The number of hydrogen-bond acceptors (Lipinski definition) is 3. The van der Waals surface area contributed by atoms with Crippen LogP contribution in [-0.4, -0.2) is 34.6 Å². The minimum atomic E-state index is -0.536. The van der Waals surface area contributed by atoms with Crippen molar-refractivity contribution in [2.45, 2.75) is 64.1 Å². The van der Waals surface area contributed by atoms with Gasteiger partial charge in [-0.3, -0.25) is 9.59 Å². The molecule has 2 amide bonds. The first-order valence-electron chi connectivity index (χ1n) is 10.3. The summed E-state index contributed by atoms with van der Waals surface area (Å²) < 4.78 is 0. The topological polar surface area (TPSA) is 49.4 Å². The maximum atomic E-state index is 13.1. The number of amides is 2. The van der Waals surface area contributed by atoms with Gasteiger partial charge >= 0.3 is 0 Å². The molecule has 0 aromatic heterocycles. The summed E-state index contributed by atoms with van der Waals surface area (Å²) >= 11 is 7.54. The van der Waals surface area contributed by atoms with Crippen LogP contribution in [-0.2, 0) is 16.1 Å². The number of rotatable bonds is 10. The molecule has 0 spiro atoms. The predicted molar refractivity (Wildman–Crippen MR) is 126 cm³/mol. The molecule has 0 aliphatic carbocycles. The Bertz CT molecular complexity index is 841. The summed E-state index contributed by atoms with van der Waals surface area (Å²) in [4.78, 5) is 28.6. The van der Waals surface area contributed by atoms with Gasteiger partial charge in [-0.25, -0.2) is 0 Å². The van der Waals surface area contributed by atoms with E-state index in [-0.39, 0.29) is 17.9 Å². The third kappa shape index (κ3) is 7.37. The number of nitrogens with one attached hydrogen (secondary N) is 1. The van der Waals surface area contributed by atoms with Crippen molar-refractivity contribution < 1.29 is 9.59 Å². The Labute approximate surface area is 189 Å². The number of aryl methyl sites for hydroxylation is 1. The lowest BCUT2D eigenvalue weighted by atomic mass is 10.1. The predicted octanol–water partition coefficient (Wildman–Crippen LogP) is 5.46. The lowest BCUT2D eigenvalue weighted by Gasteiger charge is -2.30. The van der Waals surface area contributed by atoms with E-state index in [2.05, 4.69) is 5.32 Å². The molecule has 0 saturated heterocycles. The second-order valence-electron chi connectivity index (χ2n) is 7.49. The highest BCUT2D eigenvalue weighted by atomic mass is 35.5. The van der Waals surface area contributed by atoms with Gasteiger partial charge < -0.3 is 10.2 Å². The number of hydrogen-bond donors (Lipinski definition) is 1. The fraction of sp³-hybridized carbons (Fsp3) is 0.417. The summed E-state index contributed by atoms with van der Waals surface area (Å²) in [5, 5.41) is 3.70. The van der Waals surface area contributed by atoms with Crippen LogP contribution in [0.3, 0.4) is 0 Å². The van der Waals surface area contributed by atoms with Gasteiger partial charge in [0.2, 0.25) is 11.8 Å². The molecule has 0 fully saturated rings. The molecule has 2 rings (SSSR count). The maximum absolute atomic E-state index is 13.1. The van der Waals surface area contributed by atoms with E-state index in [1.165, 1.54) is 0 Å². The summed E-state index contributed by atoms with van der Waals surface area (Å²) in [7, 11) is 0. The number of thioether (sulfide) groups is 1. The number of carbonyl (C=O) groups is 2. The van der Waals surface area contributed by atoms with Crippen LogP contribution in [0, 0.1) is 6.92 Å². The highest BCUT2D eigenvalue weighted by molar-refractivity contribution is 7.99. The van der Waals surface area contributed by atoms with Crippen molar-refractivity contribution >= 4 is 35.2 Å². The molecule has 0 saturated carbocycles.